The van der Waals surface area contributed by atoms with E-state index in [4.69, 9.17) is 5.11 Å². The van der Waals surface area contributed by atoms with Crippen LogP contribution in [0.1, 0.15) is 18.9 Å². The summed E-state index contributed by atoms with van der Waals surface area (Å²) in [5, 5.41) is 9.12. The molecule has 1 N–H and O–H groups in total. The second kappa shape index (κ2) is 4.56. The highest BCUT2D eigenvalue weighted by Crippen LogP contribution is 2.29. The van der Waals surface area contributed by atoms with Gasteiger partial charge in [-0.3, -0.25) is 4.79 Å². The Morgan fingerprint density at radius 3 is 2.94 bits per heavy atom. The first-order valence-electron chi connectivity index (χ1n) is 5.78. The predicted octanol–water partition coefficient (Wildman–Crippen LogP) is 2.16. The molecule has 0 saturated carbocycles. The van der Waals surface area contributed by atoms with Crippen LogP contribution in [0.4, 0.5) is 5.69 Å². The van der Waals surface area contributed by atoms with Crippen molar-refractivity contribution in [3.63, 3.8) is 0 Å². The van der Waals surface area contributed by atoms with Gasteiger partial charge < -0.3 is 10.0 Å². The van der Waals surface area contributed by atoms with Gasteiger partial charge in [-0.15, -0.1) is 0 Å². The lowest BCUT2D eigenvalue weighted by Gasteiger charge is -2.34. The topological polar surface area (TPSA) is 40.5 Å². The molecule has 1 aromatic rings. The summed E-state index contributed by atoms with van der Waals surface area (Å²) in [4.78, 5) is 13.3. The third-order valence-electron chi connectivity index (χ3n) is 3.08. The number of anilines is 1. The van der Waals surface area contributed by atoms with Gasteiger partial charge >= 0.3 is 5.97 Å². The van der Waals surface area contributed by atoms with Crippen molar-refractivity contribution < 1.29 is 9.90 Å². The molecule has 86 valence electrons. The molecule has 3 nitrogen and oxygen atoms in total. The number of benzene rings is 1. The highest BCUT2D eigenvalue weighted by Gasteiger charge is 2.28. The molecule has 1 atom stereocenters. The number of aliphatic carboxylic acids is 1. The van der Waals surface area contributed by atoms with Gasteiger partial charge in [0.1, 0.15) is 0 Å². The number of rotatable bonds is 3. The Morgan fingerprint density at radius 1 is 1.50 bits per heavy atom. The predicted molar refractivity (Wildman–Crippen MR) is 63.8 cm³/mol. The molecule has 0 radical (unpaired) electrons. The van der Waals surface area contributed by atoms with Crippen LogP contribution in [0, 0.1) is 5.92 Å². The van der Waals surface area contributed by atoms with Gasteiger partial charge in [0.05, 0.1) is 5.92 Å². The summed E-state index contributed by atoms with van der Waals surface area (Å²) in [5.41, 5.74) is 2.37. The zero-order valence-corrected chi connectivity index (χ0v) is 9.52. The van der Waals surface area contributed by atoms with E-state index in [0.29, 0.717) is 13.0 Å². The first-order valence-corrected chi connectivity index (χ1v) is 5.78. The van der Waals surface area contributed by atoms with Gasteiger partial charge in [0.15, 0.2) is 0 Å². The Hall–Kier alpha value is -1.51. The monoisotopic (exact) mass is 219 g/mol. The Balaban J connectivity index is 2.29. The summed E-state index contributed by atoms with van der Waals surface area (Å²) < 4.78 is 0. The zero-order chi connectivity index (χ0) is 11.5. The molecule has 1 heterocycles. The number of carboxylic acid groups (broad SMARTS) is 1. The summed E-state index contributed by atoms with van der Waals surface area (Å²) in [6, 6.07) is 8.12. The molecule has 1 unspecified atom stereocenters. The number of fused-ring (bicyclic) bond motifs is 1. The Morgan fingerprint density at radius 2 is 2.25 bits per heavy atom. The van der Waals surface area contributed by atoms with Gasteiger partial charge in [-0.05, 0) is 24.5 Å². The Labute approximate surface area is 95.7 Å². The number of para-hydroxylation sites is 1. The minimum Gasteiger partial charge on any atom is -0.481 e. The number of carboxylic acids is 1. The minimum absolute atomic E-state index is 0.263. The average Bonchev–Trinajstić information content (AvgIpc) is 2.29. The van der Waals surface area contributed by atoms with E-state index in [1.165, 1.54) is 5.69 Å². The van der Waals surface area contributed by atoms with Crippen molar-refractivity contribution in [3.05, 3.63) is 29.8 Å². The summed E-state index contributed by atoms with van der Waals surface area (Å²) >= 11 is 0. The van der Waals surface area contributed by atoms with Crippen LogP contribution in [0.25, 0.3) is 0 Å². The van der Waals surface area contributed by atoms with E-state index in [2.05, 4.69) is 17.9 Å². The number of nitrogens with zero attached hydrogens (tertiary/aromatic N) is 1. The van der Waals surface area contributed by atoms with Gasteiger partial charge in [0, 0.05) is 18.8 Å². The summed E-state index contributed by atoms with van der Waals surface area (Å²) in [5.74, 6) is -0.947. The molecule has 16 heavy (non-hydrogen) atoms. The Bertz CT molecular complexity index is 389. The van der Waals surface area contributed by atoms with E-state index in [9.17, 15) is 4.79 Å². The summed E-state index contributed by atoms with van der Waals surface area (Å²) in [6.45, 7) is 3.69. The van der Waals surface area contributed by atoms with Crippen LogP contribution in [0.5, 0.6) is 0 Å². The molecule has 0 fully saturated rings. The van der Waals surface area contributed by atoms with Crippen molar-refractivity contribution >= 4 is 11.7 Å². The van der Waals surface area contributed by atoms with Crippen molar-refractivity contribution in [2.75, 3.05) is 18.0 Å². The van der Waals surface area contributed by atoms with E-state index < -0.39 is 5.97 Å². The molecule has 1 aliphatic rings. The van der Waals surface area contributed by atoms with Crippen molar-refractivity contribution in [2.24, 2.45) is 5.92 Å². The van der Waals surface area contributed by atoms with Crippen molar-refractivity contribution in [3.8, 4) is 0 Å². The van der Waals surface area contributed by atoms with Gasteiger partial charge in [-0.2, -0.15) is 0 Å². The van der Waals surface area contributed by atoms with Crippen LogP contribution in [0.15, 0.2) is 24.3 Å². The molecule has 0 aliphatic carbocycles. The third kappa shape index (κ3) is 2.03. The van der Waals surface area contributed by atoms with Crippen molar-refractivity contribution in [1.82, 2.24) is 0 Å². The Kier molecular flexibility index (Phi) is 3.13. The maximum Gasteiger partial charge on any atom is 0.308 e. The van der Waals surface area contributed by atoms with Gasteiger partial charge in [-0.25, -0.2) is 0 Å². The third-order valence-corrected chi connectivity index (χ3v) is 3.08. The van der Waals surface area contributed by atoms with E-state index in [-0.39, 0.29) is 5.92 Å². The quantitative estimate of drug-likeness (QED) is 0.847. The van der Waals surface area contributed by atoms with Crippen LogP contribution in [0.3, 0.4) is 0 Å². The first-order chi connectivity index (χ1) is 7.72. The molecule has 1 aromatic carbocycles. The lowest BCUT2D eigenvalue weighted by Crippen LogP contribution is -2.39. The van der Waals surface area contributed by atoms with Crippen LogP contribution in [0.2, 0.25) is 0 Å². The number of carbonyl (C=O) groups is 1. The lowest BCUT2D eigenvalue weighted by molar-refractivity contribution is -0.141. The van der Waals surface area contributed by atoms with E-state index in [1.54, 1.807) is 0 Å². The normalized spacial score (nSPS) is 19.3. The van der Waals surface area contributed by atoms with Crippen LogP contribution in [-0.4, -0.2) is 24.2 Å². The summed E-state index contributed by atoms with van der Waals surface area (Å²) in [6.07, 6.45) is 1.70. The second-order valence-electron chi connectivity index (χ2n) is 4.31. The maximum absolute atomic E-state index is 11.1. The van der Waals surface area contributed by atoms with E-state index >= 15 is 0 Å². The summed E-state index contributed by atoms with van der Waals surface area (Å²) in [7, 11) is 0. The number of hydrogen-bond donors (Lipinski definition) is 1. The molecule has 0 aromatic heterocycles. The smallest absolute Gasteiger partial charge is 0.308 e. The fourth-order valence-corrected chi connectivity index (χ4v) is 2.33. The van der Waals surface area contributed by atoms with Crippen molar-refractivity contribution in [2.45, 2.75) is 19.8 Å². The molecule has 0 bridgehead atoms. The first kappa shape index (κ1) is 11.0. The maximum atomic E-state index is 11.1. The molecule has 1 aliphatic heterocycles. The van der Waals surface area contributed by atoms with Crippen LogP contribution < -0.4 is 4.90 Å². The molecule has 0 saturated heterocycles. The molecular weight excluding hydrogens is 202 g/mol. The SMILES string of the molecule is CCCN1CC(C(=O)O)Cc2ccccc21. The second-order valence-corrected chi connectivity index (χ2v) is 4.31. The van der Waals surface area contributed by atoms with Crippen molar-refractivity contribution in [1.29, 1.82) is 0 Å². The molecule has 3 heteroatoms. The zero-order valence-electron chi connectivity index (χ0n) is 9.52. The van der Waals surface area contributed by atoms with Crippen LogP contribution >= 0.6 is 0 Å². The highest BCUT2D eigenvalue weighted by atomic mass is 16.4. The fraction of sp³-hybridized carbons (Fsp3) is 0.462. The molecule has 0 amide bonds. The van der Waals surface area contributed by atoms with Gasteiger partial charge in [0.25, 0.3) is 0 Å². The number of hydrogen-bond acceptors (Lipinski definition) is 2. The molecule has 0 spiro atoms. The molecular formula is C13H17NO2. The lowest BCUT2D eigenvalue weighted by atomic mass is 9.92. The van der Waals surface area contributed by atoms with E-state index in [0.717, 1.165) is 18.5 Å². The fourth-order valence-electron chi connectivity index (χ4n) is 2.33. The molecule has 2 rings (SSSR count). The van der Waals surface area contributed by atoms with Gasteiger partial charge in [0.2, 0.25) is 0 Å². The van der Waals surface area contributed by atoms with Gasteiger partial charge in [-0.1, -0.05) is 25.1 Å². The standard InChI is InChI=1S/C13H17NO2/c1-2-7-14-9-11(13(15)16)8-10-5-3-4-6-12(10)14/h3-6,11H,2,7-9H2,1H3,(H,15,16). The highest BCUT2D eigenvalue weighted by molar-refractivity contribution is 5.73. The largest absolute Gasteiger partial charge is 0.481 e. The van der Waals surface area contributed by atoms with Crippen LogP contribution in [-0.2, 0) is 11.2 Å². The minimum atomic E-state index is -0.685. The van der Waals surface area contributed by atoms with E-state index in [1.807, 2.05) is 18.2 Å². The average molecular weight is 219 g/mol.